The molecule has 1 amide bonds. The summed E-state index contributed by atoms with van der Waals surface area (Å²) in [6.45, 7) is 5.04. The first-order valence-electron chi connectivity index (χ1n) is 5.64. The summed E-state index contributed by atoms with van der Waals surface area (Å²) in [5.41, 5.74) is 12.8. The van der Waals surface area contributed by atoms with Gasteiger partial charge in [0.05, 0.1) is 12.2 Å². The number of benzene rings is 1. The molecule has 0 aliphatic carbocycles. The van der Waals surface area contributed by atoms with Gasteiger partial charge in [0.1, 0.15) is 0 Å². The highest BCUT2D eigenvalue weighted by Crippen LogP contribution is 2.17. The predicted octanol–water partition coefficient (Wildman–Crippen LogP) is 1.13. The Bertz CT molecular complexity index is 432. The van der Waals surface area contributed by atoms with Crippen LogP contribution in [0.3, 0.4) is 0 Å². The van der Waals surface area contributed by atoms with E-state index in [4.69, 9.17) is 16.2 Å². The lowest BCUT2D eigenvalue weighted by atomic mass is 10.1. The monoisotopic (exact) mass is 249 g/mol. The molecular formula is C13H19N3O2. The van der Waals surface area contributed by atoms with Gasteiger partial charge in [-0.05, 0) is 18.2 Å². The molecule has 0 bridgehead atoms. The van der Waals surface area contributed by atoms with Gasteiger partial charge in [0.25, 0.3) is 5.91 Å². The molecule has 0 fully saturated rings. The van der Waals surface area contributed by atoms with E-state index in [1.165, 1.54) is 0 Å². The standard InChI is InChI=1S/C13H19N3O2/c1-3-6-16(7-8-18-2)13(17)11-5-4-10(14)9-12(11)15/h3-5,9H,1,6-8,14-15H2,2H3. The van der Waals surface area contributed by atoms with Crippen LogP contribution < -0.4 is 11.5 Å². The number of methoxy groups -OCH3 is 1. The lowest BCUT2D eigenvalue weighted by molar-refractivity contribution is 0.0719. The smallest absolute Gasteiger partial charge is 0.256 e. The van der Waals surface area contributed by atoms with Crippen molar-refractivity contribution in [2.45, 2.75) is 0 Å². The van der Waals surface area contributed by atoms with Crippen LogP contribution in [0, 0.1) is 0 Å². The van der Waals surface area contributed by atoms with Gasteiger partial charge in [-0.2, -0.15) is 0 Å². The van der Waals surface area contributed by atoms with Crippen molar-refractivity contribution in [1.29, 1.82) is 0 Å². The molecule has 0 saturated heterocycles. The Morgan fingerprint density at radius 3 is 2.78 bits per heavy atom. The summed E-state index contributed by atoms with van der Waals surface area (Å²) in [6, 6.07) is 4.87. The molecule has 1 rings (SSSR count). The first-order chi connectivity index (χ1) is 8.60. The van der Waals surface area contributed by atoms with Crippen LogP contribution in [-0.4, -0.2) is 37.6 Å². The number of nitrogens with zero attached hydrogens (tertiary/aromatic N) is 1. The molecule has 5 heteroatoms. The number of nitrogens with two attached hydrogens (primary N) is 2. The fraction of sp³-hybridized carbons (Fsp3) is 0.308. The van der Waals surface area contributed by atoms with Crippen molar-refractivity contribution in [3.63, 3.8) is 0 Å². The maximum atomic E-state index is 12.3. The van der Waals surface area contributed by atoms with Gasteiger partial charge in [-0.15, -0.1) is 6.58 Å². The first kappa shape index (κ1) is 14.1. The zero-order chi connectivity index (χ0) is 13.5. The van der Waals surface area contributed by atoms with Gasteiger partial charge in [0.15, 0.2) is 0 Å². The van der Waals surface area contributed by atoms with Crippen LogP contribution in [0.25, 0.3) is 0 Å². The highest BCUT2D eigenvalue weighted by Gasteiger charge is 2.16. The molecule has 18 heavy (non-hydrogen) atoms. The van der Waals surface area contributed by atoms with Crippen LogP contribution in [0.1, 0.15) is 10.4 Å². The Morgan fingerprint density at radius 1 is 1.50 bits per heavy atom. The highest BCUT2D eigenvalue weighted by molar-refractivity contribution is 5.99. The Hall–Kier alpha value is -2.01. The normalized spacial score (nSPS) is 10.1. The van der Waals surface area contributed by atoms with Crippen LogP contribution in [0.2, 0.25) is 0 Å². The Kier molecular flexibility index (Phi) is 5.20. The maximum Gasteiger partial charge on any atom is 0.256 e. The topological polar surface area (TPSA) is 81.6 Å². The van der Waals surface area contributed by atoms with Crippen LogP contribution in [0.5, 0.6) is 0 Å². The molecule has 4 N–H and O–H groups in total. The fourth-order valence-corrected chi connectivity index (χ4v) is 1.58. The minimum absolute atomic E-state index is 0.149. The van der Waals surface area contributed by atoms with E-state index in [0.717, 1.165) is 0 Å². The van der Waals surface area contributed by atoms with Crippen molar-refractivity contribution in [1.82, 2.24) is 4.90 Å². The average Bonchev–Trinajstić information content (AvgIpc) is 2.33. The number of rotatable bonds is 6. The molecule has 0 spiro atoms. The summed E-state index contributed by atoms with van der Waals surface area (Å²) in [7, 11) is 1.59. The number of nitrogen functional groups attached to an aromatic ring is 2. The largest absolute Gasteiger partial charge is 0.399 e. The molecule has 0 aliphatic rings. The van der Waals surface area contributed by atoms with Gasteiger partial charge in [0, 0.05) is 31.6 Å². The van der Waals surface area contributed by atoms with Gasteiger partial charge in [-0.25, -0.2) is 0 Å². The molecule has 98 valence electrons. The molecule has 0 radical (unpaired) electrons. The Labute approximate surface area is 107 Å². The Balaban J connectivity index is 2.90. The fourth-order valence-electron chi connectivity index (χ4n) is 1.58. The molecule has 5 nitrogen and oxygen atoms in total. The molecule has 1 aromatic rings. The van der Waals surface area contributed by atoms with Gasteiger partial charge >= 0.3 is 0 Å². The first-order valence-corrected chi connectivity index (χ1v) is 5.64. The lowest BCUT2D eigenvalue weighted by Crippen LogP contribution is -2.34. The number of ether oxygens (including phenoxy) is 1. The van der Waals surface area contributed by atoms with Crippen molar-refractivity contribution in [2.24, 2.45) is 0 Å². The summed E-state index contributed by atoms with van der Waals surface area (Å²) in [4.78, 5) is 13.9. The third kappa shape index (κ3) is 3.49. The molecule has 0 saturated carbocycles. The number of hydrogen-bond acceptors (Lipinski definition) is 4. The number of carbonyl (C=O) groups is 1. The average molecular weight is 249 g/mol. The lowest BCUT2D eigenvalue weighted by Gasteiger charge is -2.21. The summed E-state index contributed by atoms with van der Waals surface area (Å²) in [6.07, 6.45) is 1.67. The van der Waals surface area contributed by atoms with E-state index in [1.807, 2.05) is 0 Å². The van der Waals surface area contributed by atoms with Crippen molar-refractivity contribution < 1.29 is 9.53 Å². The van der Waals surface area contributed by atoms with E-state index in [2.05, 4.69) is 6.58 Å². The summed E-state index contributed by atoms with van der Waals surface area (Å²) >= 11 is 0. The van der Waals surface area contributed by atoms with Gasteiger partial charge in [-0.3, -0.25) is 4.79 Å². The maximum absolute atomic E-state index is 12.3. The van der Waals surface area contributed by atoms with Gasteiger partial charge in [0.2, 0.25) is 0 Å². The molecule has 1 aromatic carbocycles. The Morgan fingerprint density at radius 2 is 2.22 bits per heavy atom. The van der Waals surface area contributed by atoms with Crippen LogP contribution in [0.15, 0.2) is 30.9 Å². The zero-order valence-electron chi connectivity index (χ0n) is 10.6. The van der Waals surface area contributed by atoms with Crippen molar-refractivity contribution in [3.8, 4) is 0 Å². The van der Waals surface area contributed by atoms with Gasteiger partial charge in [-0.1, -0.05) is 6.08 Å². The van der Waals surface area contributed by atoms with E-state index >= 15 is 0 Å². The quantitative estimate of drug-likeness (QED) is 0.585. The minimum Gasteiger partial charge on any atom is -0.399 e. The van der Waals surface area contributed by atoms with Crippen molar-refractivity contribution in [2.75, 3.05) is 38.3 Å². The van der Waals surface area contributed by atoms with E-state index in [-0.39, 0.29) is 5.91 Å². The van der Waals surface area contributed by atoms with E-state index in [0.29, 0.717) is 36.6 Å². The van der Waals surface area contributed by atoms with E-state index in [9.17, 15) is 4.79 Å². The summed E-state index contributed by atoms with van der Waals surface area (Å²) in [5.74, 6) is -0.149. The summed E-state index contributed by atoms with van der Waals surface area (Å²) in [5, 5.41) is 0. The number of amides is 1. The van der Waals surface area contributed by atoms with Crippen LogP contribution >= 0.6 is 0 Å². The van der Waals surface area contributed by atoms with Crippen molar-refractivity contribution in [3.05, 3.63) is 36.4 Å². The number of carbonyl (C=O) groups excluding carboxylic acids is 1. The second kappa shape index (κ2) is 6.66. The third-order valence-corrected chi connectivity index (χ3v) is 2.51. The molecular weight excluding hydrogens is 230 g/mol. The zero-order valence-corrected chi connectivity index (χ0v) is 10.6. The number of hydrogen-bond donors (Lipinski definition) is 2. The highest BCUT2D eigenvalue weighted by atomic mass is 16.5. The minimum atomic E-state index is -0.149. The predicted molar refractivity (Wildman–Crippen MR) is 73.2 cm³/mol. The second-order valence-electron chi connectivity index (χ2n) is 3.88. The molecule has 0 aliphatic heterocycles. The molecule has 0 aromatic heterocycles. The third-order valence-electron chi connectivity index (χ3n) is 2.51. The van der Waals surface area contributed by atoms with E-state index in [1.54, 1.807) is 36.3 Å². The number of anilines is 2. The second-order valence-corrected chi connectivity index (χ2v) is 3.88. The molecule has 0 heterocycles. The molecule has 0 unspecified atom stereocenters. The summed E-state index contributed by atoms with van der Waals surface area (Å²) < 4.78 is 4.97. The van der Waals surface area contributed by atoms with Crippen molar-refractivity contribution >= 4 is 17.3 Å². The SMILES string of the molecule is C=CCN(CCOC)C(=O)c1ccc(N)cc1N. The van der Waals surface area contributed by atoms with Crippen LogP contribution in [-0.2, 0) is 4.74 Å². The molecule has 0 atom stereocenters. The van der Waals surface area contributed by atoms with Gasteiger partial charge < -0.3 is 21.1 Å². The van der Waals surface area contributed by atoms with Crippen LogP contribution in [0.4, 0.5) is 11.4 Å². The van der Waals surface area contributed by atoms with E-state index < -0.39 is 0 Å².